The summed E-state index contributed by atoms with van der Waals surface area (Å²) in [5, 5.41) is 0. The summed E-state index contributed by atoms with van der Waals surface area (Å²) in [5.41, 5.74) is 6.13. The Morgan fingerprint density at radius 3 is 2.93 bits per heavy atom. The van der Waals surface area contributed by atoms with E-state index >= 15 is 0 Å². The molecule has 0 aromatic carbocycles. The summed E-state index contributed by atoms with van der Waals surface area (Å²) in [6.45, 7) is 6.36. The van der Waals surface area contributed by atoms with E-state index in [1.807, 2.05) is 0 Å². The molecule has 0 bridgehead atoms. The highest BCUT2D eigenvalue weighted by molar-refractivity contribution is 4.85. The Morgan fingerprint density at radius 1 is 1.40 bits per heavy atom. The predicted octanol–water partition coefficient (Wildman–Crippen LogP) is 1.22. The highest BCUT2D eigenvalue weighted by Crippen LogP contribution is 2.26. The molecule has 15 heavy (non-hydrogen) atoms. The Morgan fingerprint density at radius 2 is 2.27 bits per heavy atom. The topological polar surface area (TPSA) is 38.5 Å². The lowest BCUT2D eigenvalue weighted by Gasteiger charge is -2.37. The Bertz CT molecular complexity index is 198. The third kappa shape index (κ3) is 2.71. The normalized spacial score (nSPS) is 38.4. The molecule has 3 heteroatoms. The molecule has 0 aromatic heterocycles. The van der Waals surface area contributed by atoms with E-state index in [0.29, 0.717) is 12.1 Å². The van der Waals surface area contributed by atoms with Gasteiger partial charge in [-0.3, -0.25) is 4.90 Å². The summed E-state index contributed by atoms with van der Waals surface area (Å²) in [6, 6.07) is 1.08. The molecule has 1 saturated heterocycles. The van der Waals surface area contributed by atoms with Crippen molar-refractivity contribution in [3.05, 3.63) is 0 Å². The number of hydrogen-bond donors (Lipinski definition) is 1. The molecule has 2 aliphatic rings. The molecule has 0 radical (unpaired) electrons. The summed E-state index contributed by atoms with van der Waals surface area (Å²) < 4.78 is 5.52. The zero-order valence-corrected chi connectivity index (χ0v) is 9.82. The number of rotatable bonds is 3. The number of morpholine rings is 1. The highest BCUT2D eigenvalue weighted by Gasteiger charge is 2.29. The van der Waals surface area contributed by atoms with Gasteiger partial charge in [-0.25, -0.2) is 0 Å². The zero-order valence-electron chi connectivity index (χ0n) is 9.82. The van der Waals surface area contributed by atoms with E-state index in [0.717, 1.165) is 25.7 Å². The molecule has 1 saturated carbocycles. The second-order valence-electron chi connectivity index (χ2n) is 4.99. The molecular formula is C12H24N2O. The highest BCUT2D eigenvalue weighted by atomic mass is 16.5. The first kappa shape index (κ1) is 11.4. The second kappa shape index (κ2) is 5.28. The Hall–Kier alpha value is -0.120. The van der Waals surface area contributed by atoms with Crippen molar-refractivity contribution in [2.24, 2.45) is 11.7 Å². The average Bonchev–Trinajstić information content (AvgIpc) is 2.65. The largest absolute Gasteiger partial charge is 0.378 e. The maximum atomic E-state index is 6.13. The van der Waals surface area contributed by atoms with E-state index in [2.05, 4.69) is 11.8 Å². The molecule has 1 heterocycles. The first-order valence-electron chi connectivity index (χ1n) is 6.38. The van der Waals surface area contributed by atoms with E-state index in [1.54, 1.807) is 0 Å². The molecule has 2 N–H and O–H groups in total. The number of hydrogen-bond acceptors (Lipinski definition) is 3. The van der Waals surface area contributed by atoms with Gasteiger partial charge in [0.05, 0.1) is 13.2 Å². The summed E-state index contributed by atoms with van der Waals surface area (Å²) in [6.07, 6.45) is 5.08. The van der Waals surface area contributed by atoms with Crippen LogP contribution in [-0.2, 0) is 4.74 Å². The fraction of sp³-hybridized carbons (Fsp3) is 1.00. The lowest BCUT2D eigenvalue weighted by Crippen LogP contribution is -2.48. The van der Waals surface area contributed by atoms with Crippen LogP contribution in [0.4, 0.5) is 0 Å². The average molecular weight is 212 g/mol. The van der Waals surface area contributed by atoms with E-state index in [1.165, 1.54) is 32.2 Å². The molecule has 1 aliphatic heterocycles. The third-order valence-corrected chi connectivity index (χ3v) is 4.01. The minimum Gasteiger partial charge on any atom is -0.378 e. The fourth-order valence-corrected chi connectivity index (χ4v) is 2.90. The van der Waals surface area contributed by atoms with Crippen LogP contribution >= 0.6 is 0 Å². The van der Waals surface area contributed by atoms with Gasteiger partial charge in [-0.15, -0.1) is 0 Å². The molecule has 1 aliphatic carbocycles. The molecule has 0 aromatic rings. The first-order chi connectivity index (χ1) is 7.31. The number of nitrogens with zero attached hydrogens (tertiary/aromatic N) is 1. The molecule has 3 unspecified atom stereocenters. The summed E-state index contributed by atoms with van der Waals surface area (Å²) in [4.78, 5) is 2.60. The van der Waals surface area contributed by atoms with Gasteiger partial charge in [-0.1, -0.05) is 13.3 Å². The molecule has 0 spiro atoms. The van der Waals surface area contributed by atoms with E-state index in [4.69, 9.17) is 10.5 Å². The zero-order chi connectivity index (χ0) is 10.7. The molecule has 3 atom stereocenters. The van der Waals surface area contributed by atoms with Gasteiger partial charge >= 0.3 is 0 Å². The van der Waals surface area contributed by atoms with Crippen LogP contribution in [-0.4, -0.2) is 43.3 Å². The summed E-state index contributed by atoms with van der Waals surface area (Å²) >= 11 is 0. The Balaban J connectivity index is 1.85. The third-order valence-electron chi connectivity index (χ3n) is 4.01. The first-order valence-corrected chi connectivity index (χ1v) is 6.38. The fourth-order valence-electron chi connectivity index (χ4n) is 2.90. The number of ether oxygens (including phenoxy) is 1. The summed E-state index contributed by atoms with van der Waals surface area (Å²) in [5.74, 6) is 0.733. The van der Waals surface area contributed by atoms with Crippen molar-refractivity contribution in [2.45, 2.75) is 44.7 Å². The molecule has 2 rings (SSSR count). The van der Waals surface area contributed by atoms with Crippen LogP contribution in [0.2, 0.25) is 0 Å². The van der Waals surface area contributed by atoms with Crippen molar-refractivity contribution in [3.8, 4) is 0 Å². The van der Waals surface area contributed by atoms with Crippen molar-refractivity contribution >= 4 is 0 Å². The van der Waals surface area contributed by atoms with E-state index < -0.39 is 0 Å². The van der Waals surface area contributed by atoms with Crippen molar-refractivity contribution in [1.82, 2.24) is 4.90 Å². The van der Waals surface area contributed by atoms with Crippen LogP contribution in [0.15, 0.2) is 0 Å². The van der Waals surface area contributed by atoms with Gasteiger partial charge < -0.3 is 10.5 Å². The Labute approximate surface area is 93.0 Å². The molecular weight excluding hydrogens is 188 g/mol. The van der Waals surface area contributed by atoms with Crippen molar-refractivity contribution in [1.29, 1.82) is 0 Å². The van der Waals surface area contributed by atoms with Gasteiger partial charge in [0.15, 0.2) is 0 Å². The van der Waals surface area contributed by atoms with Crippen molar-refractivity contribution in [2.75, 3.05) is 26.3 Å². The lowest BCUT2D eigenvalue weighted by atomic mass is 10.0. The minimum absolute atomic E-state index is 0.449. The molecule has 0 amide bonds. The minimum atomic E-state index is 0.449. The maximum absolute atomic E-state index is 6.13. The van der Waals surface area contributed by atoms with Gasteiger partial charge in [0.2, 0.25) is 0 Å². The smallest absolute Gasteiger partial charge is 0.0622 e. The van der Waals surface area contributed by atoms with Gasteiger partial charge in [-0.2, -0.15) is 0 Å². The van der Waals surface area contributed by atoms with Crippen LogP contribution in [0.25, 0.3) is 0 Å². The predicted molar refractivity (Wildman–Crippen MR) is 61.8 cm³/mol. The molecule has 88 valence electrons. The van der Waals surface area contributed by atoms with Crippen LogP contribution in [0, 0.1) is 5.92 Å². The van der Waals surface area contributed by atoms with Gasteiger partial charge in [-0.05, 0) is 25.2 Å². The van der Waals surface area contributed by atoms with Crippen molar-refractivity contribution < 1.29 is 4.74 Å². The standard InChI is InChI=1S/C12H24N2O/c1-2-11-9-15-7-6-14(11)8-10-4-3-5-12(10)13/h10-12H,2-9,13H2,1H3. The summed E-state index contributed by atoms with van der Waals surface area (Å²) in [7, 11) is 0. The SMILES string of the molecule is CCC1COCCN1CC1CCCC1N. The van der Waals surface area contributed by atoms with Crippen molar-refractivity contribution in [3.63, 3.8) is 0 Å². The monoisotopic (exact) mass is 212 g/mol. The van der Waals surface area contributed by atoms with Crippen LogP contribution < -0.4 is 5.73 Å². The lowest BCUT2D eigenvalue weighted by molar-refractivity contribution is -0.0158. The molecule has 3 nitrogen and oxygen atoms in total. The Kier molecular flexibility index (Phi) is 4.00. The molecule has 2 fully saturated rings. The van der Waals surface area contributed by atoms with Crippen LogP contribution in [0.1, 0.15) is 32.6 Å². The van der Waals surface area contributed by atoms with Crippen LogP contribution in [0.3, 0.4) is 0 Å². The number of nitrogens with two attached hydrogens (primary N) is 1. The maximum Gasteiger partial charge on any atom is 0.0622 e. The van der Waals surface area contributed by atoms with E-state index in [9.17, 15) is 0 Å². The van der Waals surface area contributed by atoms with Crippen LogP contribution in [0.5, 0.6) is 0 Å². The van der Waals surface area contributed by atoms with Gasteiger partial charge in [0.1, 0.15) is 0 Å². The quantitative estimate of drug-likeness (QED) is 0.764. The van der Waals surface area contributed by atoms with E-state index in [-0.39, 0.29) is 0 Å². The second-order valence-corrected chi connectivity index (χ2v) is 4.99. The van der Waals surface area contributed by atoms with Gasteiger partial charge in [0, 0.05) is 25.2 Å². The van der Waals surface area contributed by atoms with Gasteiger partial charge in [0.25, 0.3) is 0 Å².